The van der Waals surface area contributed by atoms with Crippen molar-refractivity contribution >= 4 is 17.2 Å². The summed E-state index contributed by atoms with van der Waals surface area (Å²) < 4.78 is 0. The van der Waals surface area contributed by atoms with Crippen LogP contribution in [0.2, 0.25) is 0 Å². The molecule has 2 fully saturated rings. The minimum atomic E-state index is 0.0742. The van der Waals surface area contributed by atoms with Crippen molar-refractivity contribution in [2.24, 2.45) is 0 Å². The van der Waals surface area contributed by atoms with E-state index < -0.39 is 0 Å². The number of carbonyl (C=O) groups excluding carboxylic acids is 1. The number of rotatable bonds is 4. The molecule has 2 unspecified atom stereocenters. The van der Waals surface area contributed by atoms with Gasteiger partial charge in [-0.3, -0.25) is 10.1 Å². The van der Waals surface area contributed by atoms with Gasteiger partial charge in [0, 0.05) is 17.5 Å². The van der Waals surface area contributed by atoms with Crippen LogP contribution in [0.15, 0.2) is 17.5 Å². The van der Waals surface area contributed by atoms with E-state index >= 15 is 0 Å². The van der Waals surface area contributed by atoms with Crippen LogP contribution in [-0.2, 0) is 4.79 Å². The van der Waals surface area contributed by atoms with Crippen molar-refractivity contribution in [3.8, 4) is 0 Å². The van der Waals surface area contributed by atoms with E-state index in [0.29, 0.717) is 6.54 Å². The largest absolute Gasteiger partial charge is 0.317 e. The van der Waals surface area contributed by atoms with Crippen LogP contribution in [-0.4, -0.2) is 47.9 Å². The topological polar surface area (TPSA) is 35.6 Å². The Morgan fingerprint density at radius 1 is 1.47 bits per heavy atom. The average Bonchev–Trinajstić information content (AvgIpc) is 3.07. The van der Waals surface area contributed by atoms with Gasteiger partial charge in [-0.15, -0.1) is 11.3 Å². The first kappa shape index (κ1) is 13.1. The van der Waals surface area contributed by atoms with Gasteiger partial charge in [0.25, 0.3) is 0 Å². The van der Waals surface area contributed by atoms with Crippen molar-refractivity contribution in [2.75, 3.05) is 26.2 Å². The van der Waals surface area contributed by atoms with E-state index in [-0.39, 0.29) is 18.1 Å². The van der Waals surface area contributed by atoms with Gasteiger partial charge < -0.3 is 9.80 Å². The number of nitrogens with one attached hydrogen (secondary N) is 1. The van der Waals surface area contributed by atoms with E-state index in [1.807, 2.05) is 11.0 Å². The standard InChI is InChI=1S/C14H21N3OS/c1-11(10-16-6-2-3-7-16)17-13(18)9-15-14(17)12-5-4-8-19-12/h4-5,8,11,14-15H,2-3,6-7,9-10H2,1H3. The van der Waals surface area contributed by atoms with E-state index in [1.54, 1.807) is 11.3 Å². The fourth-order valence-electron chi connectivity index (χ4n) is 3.13. The van der Waals surface area contributed by atoms with Gasteiger partial charge in [-0.05, 0) is 44.3 Å². The first-order valence-corrected chi connectivity index (χ1v) is 7.94. The molecule has 1 N–H and O–H groups in total. The minimum Gasteiger partial charge on any atom is -0.317 e. The third-order valence-corrected chi connectivity index (χ3v) is 4.95. The Kier molecular flexibility index (Phi) is 3.86. The molecule has 1 aromatic heterocycles. The number of hydrogen-bond donors (Lipinski definition) is 1. The van der Waals surface area contributed by atoms with Crippen LogP contribution < -0.4 is 5.32 Å². The molecular formula is C14H21N3OS. The fourth-order valence-corrected chi connectivity index (χ4v) is 3.93. The number of hydrogen-bond acceptors (Lipinski definition) is 4. The lowest BCUT2D eigenvalue weighted by molar-refractivity contribution is -0.130. The van der Waals surface area contributed by atoms with Crippen molar-refractivity contribution in [2.45, 2.75) is 32.0 Å². The highest BCUT2D eigenvalue weighted by atomic mass is 32.1. The molecule has 0 radical (unpaired) electrons. The Labute approximate surface area is 118 Å². The molecule has 19 heavy (non-hydrogen) atoms. The van der Waals surface area contributed by atoms with E-state index in [0.717, 1.165) is 6.54 Å². The smallest absolute Gasteiger partial charge is 0.238 e. The second-order valence-electron chi connectivity index (χ2n) is 5.46. The van der Waals surface area contributed by atoms with E-state index in [9.17, 15) is 4.79 Å². The maximum Gasteiger partial charge on any atom is 0.238 e. The number of amides is 1. The third kappa shape index (κ3) is 2.68. The zero-order valence-electron chi connectivity index (χ0n) is 11.3. The van der Waals surface area contributed by atoms with Crippen molar-refractivity contribution < 1.29 is 4.79 Å². The molecule has 2 saturated heterocycles. The van der Waals surface area contributed by atoms with E-state index in [2.05, 4.69) is 28.6 Å². The summed E-state index contributed by atoms with van der Waals surface area (Å²) in [6.07, 6.45) is 2.67. The summed E-state index contributed by atoms with van der Waals surface area (Å²) in [5.41, 5.74) is 0. The van der Waals surface area contributed by atoms with Crippen molar-refractivity contribution in [1.29, 1.82) is 0 Å². The molecule has 3 rings (SSSR count). The predicted octanol–water partition coefficient (Wildman–Crippen LogP) is 1.66. The van der Waals surface area contributed by atoms with Gasteiger partial charge in [0.15, 0.2) is 0 Å². The Hall–Kier alpha value is -0.910. The monoisotopic (exact) mass is 279 g/mol. The van der Waals surface area contributed by atoms with Gasteiger partial charge in [-0.2, -0.15) is 0 Å². The highest BCUT2D eigenvalue weighted by Crippen LogP contribution is 2.28. The quantitative estimate of drug-likeness (QED) is 0.910. The number of likely N-dealkylation sites (tertiary alicyclic amines) is 1. The lowest BCUT2D eigenvalue weighted by Gasteiger charge is -2.32. The molecule has 1 aromatic rings. The molecule has 2 aliphatic heterocycles. The lowest BCUT2D eigenvalue weighted by atomic mass is 10.2. The molecule has 5 heteroatoms. The first-order valence-electron chi connectivity index (χ1n) is 7.06. The molecule has 4 nitrogen and oxygen atoms in total. The van der Waals surface area contributed by atoms with Gasteiger partial charge in [0.2, 0.25) is 5.91 Å². The second-order valence-corrected chi connectivity index (χ2v) is 6.44. The molecule has 2 atom stereocenters. The van der Waals surface area contributed by atoms with Crippen LogP contribution in [0.5, 0.6) is 0 Å². The summed E-state index contributed by atoms with van der Waals surface area (Å²) in [5.74, 6) is 0.227. The molecule has 104 valence electrons. The Morgan fingerprint density at radius 2 is 2.26 bits per heavy atom. The van der Waals surface area contributed by atoms with E-state index in [1.165, 1.54) is 30.8 Å². The van der Waals surface area contributed by atoms with Crippen LogP contribution >= 0.6 is 11.3 Å². The van der Waals surface area contributed by atoms with Crippen molar-refractivity contribution in [3.63, 3.8) is 0 Å². The SMILES string of the molecule is CC(CN1CCCC1)N1C(=O)CNC1c1cccs1. The Bertz CT molecular complexity index is 428. The van der Waals surface area contributed by atoms with Gasteiger partial charge in [0.1, 0.15) is 6.17 Å². The minimum absolute atomic E-state index is 0.0742. The first-order chi connectivity index (χ1) is 9.25. The molecular weight excluding hydrogens is 258 g/mol. The van der Waals surface area contributed by atoms with E-state index in [4.69, 9.17) is 0 Å². The maximum atomic E-state index is 12.1. The third-order valence-electron chi connectivity index (χ3n) is 4.02. The number of thiophene rings is 1. The number of nitrogens with zero attached hydrogens (tertiary/aromatic N) is 2. The number of carbonyl (C=O) groups is 1. The molecule has 0 aliphatic carbocycles. The summed E-state index contributed by atoms with van der Waals surface area (Å²) in [5, 5.41) is 5.41. The summed E-state index contributed by atoms with van der Waals surface area (Å²) in [6.45, 7) is 6.00. The molecule has 0 spiro atoms. The Morgan fingerprint density at radius 3 is 2.95 bits per heavy atom. The normalized spacial score (nSPS) is 26.3. The zero-order valence-corrected chi connectivity index (χ0v) is 12.2. The van der Waals surface area contributed by atoms with Crippen molar-refractivity contribution in [3.05, 3.63) is 22.4 Å². The average molecular weight is 279 g/mol. The predicted molar refractivity (Wildman–Crippen MR) is 77.0 cm³/mol. The Balaban J connectivity index is 1.70. The lowest BCUT2D eigenvalue weighted by Crippen LogP contribution is -2.44. The fraction of sp³-hybridized carbons (Fsp3) is 0.643. The van der Waals surface area contributed by atoms with Crippen molar-refractivity contribution in [1.82, 2.24) is 15.1 Å². The van der Waals surface area contributed by atoms with Crippen LogP contribution in [0.1, 0.15) is 30.8 Å². The summed E-state index contributed by atoms with van der Waals surface area (Å²) in [6, 6.07) is 4.43. The van der Waals surface area contributed by atoms with Gasteiger partial charge in [-0.25, -0.2) is 0 Å². The maximum absolute atomic E-state index is 12.1. The van der Waals surface area contributed by atoms with Crippen LogP contribution in [0, 0.1) is 0 Å². The highest BCUT2D eigenvalue weighted by Gasteiger charge is 2.36. The molecule has 0 bridgehead atoms. The van der Waals surface area contributed by atoms with Crippen LogP contribution in [0.4, 0.5) is 0 Å². The van der Waals surface area contributed by atoms with Crippen LogP contribution in [0.25, 0.3) is 0 Å². The molecule has 0 aromatic carbocycles. The summed E-state index contributed by atoms with van der Waals surface area (Å²) >= 11 is 1.72. The summed E-state index contributed by atoms with van der Waals surface area (Å²) in [4.78, 5) is 17.9. The van der Waals surface area contributed by atoms with Gasteiger partial charge in [0.05, 0.1) is 6.54 Å². The second kappa shape index (κ2) is 5.61. The van der Waals surface area contributed by atoms with Gasteiger partial charge >= 0.3 is 0 Å². The molecule has 3 heterocycles. The highest BCUT2D eigenvalue weighted by molar-refractivity contribution is 7.10. The zero-order chi connectivity index (χ0) is 13.2. The molecule has 1 amide bonds. The molecule has 2 aliphatic rings. The molecule has 0 saturated carbocycles. The summed E-state index contributed by atoms with van der Waals surface area (Å²) in [7, 11) is 0. The van der Waals surface area contributed by atoms with Gasteiger partial charge in [-0.1, -0.05) is 6.07 Å². The van der Waals surface area contributed by atoms with Crippen LogP contribution in [0.3, 0.4) is 0 Å².